The summed E-state index contributed by atoms with van der Waals surface area (Å²) in [7, 11) is 1.70. The molecule has 28 heavy (non-hydrogen) atoms. The van der Waals surface area contributed by atoms with E-state index in [9.17, 15) is 5.11 Å². The molecule has 0 atom stereocenters. The topological polar surface area (TPSA) is 74.3 Å². The van der Waals surface area contributed by atoms with E-state index in [1.54, 1.807) is 36.8 Å². The van der Waals surface area contributed by atoms with Crippen molar-refractivity contribution < 1.29 is 5.11 Å². The van der Waals surface area contributed by atoms with Gasteiger partial charge in [0.1, 0.15) is 16.3 Å². The zero-order valence-electron chi connectivity index (χ0n) is 16.3. The number of aliphatic hydroxyl groups is 1. The predicted octanol–water partition coefficient (Wildman–Crippen LogP) is 3.93. The fraction of sp³-hybridized carbons (Fsp3) is 0.318. The van der Waals surface area contributed by atoms with Crippen LogP contribution in [0.3, 0.4) is 0 Å². The molecule has 1 fully saturated rings. The van der Waals surface area contributed by atoms with Crippen molar-refractivity contribution in [1.29, 1.82) is 5.41 Å². The van der Waals surface area contributed by atoms with Gasteiger partial charge in [0.05, 0.1) is 16.7 Å². The van der Waals surface area contributed by atoms with Crippen molar-refractivity contribution >= 4 is 17.2 Å². The van der Waals surface area contributed by atoms with Crippen LogP contribution in [-0.2, 0) is 11.0 Å². The first-order valence-corrected chi connectivity index (χ1v) is 10.2. The van der Waals surface area contributed by atoms with Crippen LogP contribution in [0.2, 0.25) is 0 Å². The molecule has 0 saturated heterocycles. The highest BCUT2D eigenvalue weighted by molar-refractivity contribution is 7.10. The number of nitrogens with one attached hydrogen (secondary N) is 1. The fourth-order valence-corrected chi connectivity index (χ4v) is 4.62. The molecule has 1 aliphatic carbocycles. The summed E-state index contributed by atoms with van der Waals surface area (Å²) in [6.45, 7) is 3.48. The van der Waals surface area contributed by atoms with E-state index in [0.29, 0.717) is 16.9 Å². The van der Waals surface area contributed by atoms with Crippen LogP contribution in [0.15, 0.2) is 59.0 Å². The number of hydrogen-bond acceptors (Lipinski definition) is 5. The van der Waals surface area contributed by atoms with Crippen molar-refractivity contribution in [2.24, 2.45) is 4.99 Å². The molecule has 144 valence electrons. The van der Waals surface area contributed by atoms with Crippen LogP contribution in [0.1, 0.15) is 37.3 Å². The maximum atomic E-state index is 10.5. The molecule has 0 radical (unpaired) electrons. The van der Waals surface area contributed by atoms with Crippen LogP contribution in [0.4, 0.5) is 0 Å². The number of hydrogen-bond donors (Lipinski definition) is 2. The first-order chi connectivity index (χ1) is 13.4. The molecule has 0 aliphatic heterocycles. The third-order valence-electron chi connectivity index (χ3n) is 5.27. The second-order valence-corrected chi connectivity index (χ2v) is 8.59. The molecule has 0 amide bonds. The summed E-state index contributed by atoms with van der Waals surface area (Å²) in [5.74, 6) is 0.466. The van der Waals surface area contributed by atoms with Gasteiger partial charge < -0.3 is 5.11 Å². The Hall–Kier alpha value is -2.57. The van der Waals surface area contributed by atoms with Crippen LogP contribution < -0.4 is 5.49 Å². The average molecular weight is 393 g/mol. The van der Waals surface area contributed by atoms with Crippen molar-refractivity contribution in [3.8, 4) is 11.3 Å². The van der Waals surface area contributed by atoms with Gasteiger partial charge >= 0.3 is 0 Å². The molecule has 1 aliphatic rings. The molecule has 1 saturated carbocycles. The maximum absolute atomic E-state index is 10.5. The molecular weight excluding hydrogens is 368 g/mol. The van der Waals surface area contributed by atoms with Gasteiger partial charge in [-0.1, -0.05) is 36.4 Å². The summed E-state index contributed by atoms with van der Waals surface area (Å²) in [4.78, 5) is 9.26. The number of aromatic nitrogens is 2. The van der Waals surface area contributed by atoms with Crippen LogP contribution >= 0.6 is 11.3 Å². The Balaban J connectivity index is 1.75. The molecule has 4 rings (SSSR count). The highest BCUT2D eigenvalue weighted by atomic mass is 32.1. The van der Waals surface area contributed by atoms with Gasteiger partial charge in [0.25, 0.3) is 0 Å². The lowest BCUT2D eigenvalue weighted by Crippen LogP contribution is -2.39. The molecular formula is C22H24N4OS. The Kier molecular flexibility index (Phi) is 4.56. The quantitative estimate of drug-likeness (QED) is 0.521. The summed E-state index contributed by atoms with van der Waals surface area (Å²) in [5.41, 5.74) is 1.97. The molecule has 6 heteroatoms. The maximum Gasteiger partial charge on any atom is 0.138 e. The molecule has 3 aromatic rings. The number of pyridine rings is 1. The van der Waals surface area contributed by atoms with Crippen LogP contribution in [0, 0.1) is 5.41 Å². The van der Waals surface area contributed by atoms with E-state index in [1.165, 1.54) is 0 Å². The largest absolute Gasteiger partial charge is 0.386 e. The van der Waals surface area contributed by atoms with Crippen molar-refractivity contribution in [2.45, 2.75) is 37.7 Å². The summed E-state index contributed by atoms with van der Waals surface area (Å²) >= 11 is 1.61. The molecule has 2 aromatic heterocycles. The van der Waals surface area contributed by atoms with Gasteiger partial charge in [-0.25, -0.2) is 4.98 Å². The monoisotopic (exact) mass is 392 g/mol. The zero-order valence-corrected chi connectivity index (χ0v) is 17.1. The Labute approximate surface area is 168 Å². The molecule has 0 bridgehead atoms. The Morgan fingerprint density at radius 1 is 1.21 bits per heavy atom. The van der Waals surface area contributed by atoms with Crippen LogP contribution in [0.25, 0.3) is 11.3 Å². The number of thiazole rings is 1. The van der Waals surface area contributed by atoms with Gasteiger partial charge in [0.15, 0.2) is 0 Å². The minimum atomic E-state index is -1.03. The van der Waals surface area contributed by atoms with E-state index in [-0.39, 0.29) is 5.41 Å². The van der Waals surface area contributed by atoms with E-state index in [2.05, 4.69) is 22.5 Å². The van der Waals surface area contributed by atoms with Crippen molar-refractivity contribution in [3.05, 3.63) is 70.1 Å². The van der Waals surface area contributed by atoms with Crippen molar-refractivity contribution in [3.63, 3.8) is 0 Å². The first-order valence-electron chi connectivity index (χ1n) is 9.35. The number of nitrogens with zero attached hydrogens (tertiary/aromatic N) is 3. The Morgan fingerprint density at radius 3 is 2.54 bits per heavy atom. The zero-order chi connectivity index (χ0) is 19.9. The van der Waals surface area contributed by atoms with Gasteiger partial charge in [-0.2, -0.15) is 0 Å². The second kappa shape index (κ2) is 6.79. The third kappa shape index (κ3) is 3.12. The van der Waals surface area contributed by atoms with E-state index in [1.807, 2.05) is 36.5 Å². The second-order valence-electron chi connectivity index (χ2n) is 7.73. The minimum absolute atomic E-state index is 0.375. The highest BCUT2D eigenvalue weighted by Gasteiger charge is 2.52. The lowest BCUT2D eigenvalue weighted by molar-refractivity contribution is 0.0765. The number of rotatable bonds is 4. The summed E-state index contributed by atoms with van der Waals surface area (Å²) in [6.07, 6.45) is 3.65. The number of benzene rings is 1. The minimum Gasteiger partial charge on any atom is -0.386 e. The van der Waals surface area contributed by atoms with Crippen LogP contribution in [-0.4, -0.2) is 27.5 Å². The molecule has 0 spiro atoms. The summed E-state index contributed by atoms with van der Waals surface area (Å²) in [5, 5.41) is 22.5. The molecule has 2 N–H and O–H groups in total. The Morgan fingerprint density at radius 2 is 1.93 bits per heavy atom. The standard InChI is InChI=1S/C22H24N4OS/c1-21(2,27)16-10-7-13-26(18(16)24-3)19(23)22(11-12-22)20-25-17(14-28-20)15-8-5-4-6-9-15/h4-10,13-14,23,27H,11-12H2,1-3H3. The average Bonchev–Trinajstić information content (AvgIpc) is 3.36. The van der Waals surface area contributed by atoms with E-state index >= 15 is 0 Å². The molecule has 1 aromatic carbocycles. The molecule has 2 heterocycles. The SMILES string of the molecule is CN=c1c(C(C)(C)O)cccn1C(=N)C1(c2nc(-c3ccccc3)cs2)CC1. The first kappa shape index (κ1) is 18.8. The smallest absolute Gasteiger partial charge is 0.138 e. The van der Waals surface area contributed by atoms with Crippen molar-refractivity contribution in [2.75, 3.05) is 7.05 Å². The van der Waals surface area contributed by atoms with Crippen LogP contribution in [0.5, 0.6) is 0 Å². The van der Waals surface area contributed by atoms with Crippen molar-refractivity contribution in [1.82, 2.24) is 9.55 Å². The van der Waals surface area contributed by atoms with E-state index < -0.39 is 5.60 Å². The third-order valence-corrected chi connectivity index (χ3v) is 6.31. The lowest BCUT2D eigenvalue weighted by Gasteiger charge is -2.23. The lowest BCUT2D eigenvalue weighted by atomic mass is 9.99. The molecule has 5 nitrogen and oxygen atoms in total. The molecule has 0 unspecified atom stereocenters. The van der Waals surface area contributed by atoms with Gasteiger partial charge in [-0.3, -0.25) is 15.0 Å². The van der Waals surface area contributed by atoms with Gasteiger partial charge in [-0.15, -0.1) is 11.3 Å². The summed E-state index contributed by atoms with van der Waals surface area (Å²) < 4.78 is 1.80. The van der Waals surface area contributed by atoms with Gasteiger partial charge in [0, 0.05) is 29.8 Å². The normalized spacial score (nSPS) is 16.2. The fourth-order valence-electron chi connectivity index (χ4n) is 3.53. The Bertz CT molecular complexity index is 1090. The van der Waals surface area contributed by atoms with Gasteiger partial charge in [-0.05, 0) is 32.8 Å². The highest BCUT2D eigenvalue weighted by Crippen LogP contribution is 2.50. The van der Waals surface area contributed by atoms with E-state index in [4.69, 9.17) is 10.4 Å². The predicted molar refractivity (Wildman–Crippen MR) is 113 cm³/mol. The summed E-state index contributed by atoms with van der Waals surface area (Å²) in [6, 6.07) is 13.9. The van der Waals surface area contributed by atoms with E-state index in [0.717, 1.165) is 29.1 Å². The van der Waals surface area contributed by atoms with Gasteiger partial charge in [0.2, 0.25) is 0 Å².